The summed E-state index contributed by atoms with van der Waals surface area (Å²) in [6.45, 7) is 17.7. The van der Waals surface area contributed by atoms with Crippen LogP contribution in [0.3, 0.4) is 0 Å². The van der Waals surface area contributed by atoms with E-state index < -0.39 is 12.6 Å². The van der Waals surface area contributed by atoms with Gasteiger partial charge in [-0.2, -0.15) is 0 Å². The van der Waals surface area contributed by atoms with Gasteiger partial charge in [-0.15, -0.1) is 5.10 Å². The lowest BCUT2D eigenvalue weighted by Crippen LogP contribution is -2.62. The van der Waals surface area contributed by atoms with Crippen LogP contribution in [0, 0.1) is 5.82 Å². The number of hydrogen-bond donors (Lipinski definition) is 1. The van der Waals surface area contributed by atoms with Crippen LogP contribution < -0.4 is 15.8 Å². The molecule has 3 aliphatic rings. The molecule has 1 aromatic carbocycles. The molecule has 1 N–H and O–H groups in total. The summed E-state index contributed by atoms with van der Waals surface area (Å²) in [6, 6.07) is 9.31. The number of halogens is 1. The van der Waals surface area contributed by atoms with Crippen LogP contribution in [0.15, 0.2) is 30.3 Å². The van der Waals surface area contributed by atoms with Gasteiger partial charge in [-0.3, -0.25) is 14.6 Å². The van der Waals surface area contributed by atoms with E-state index in [1.165, 1.54) is 12.1 Å². The van der Waals surface area contributed by atoms with Gasteiger partial charge in [-0.05, 0) is 50.9 Å². The fourth-order valence-electron chi connectivity index (χ4n) is 6.84. The van der Waals surface area contributed by atoms with Gasteiger partial charge in [0, 0.05) is 68.2 Å². The molecule has 0 radical (unpaired) electrons. The molecule has 0 spiro atoms. The number of pyridine rings is 1. The molecule has 10 nitrogen and oxygen atoms in total. The Hall–Kier alpha value is -2.69. The summed E-state index contributed by atoms with van der Waals surface area (Å²) in [4.78, 5) is 25.8. The van der Waals surface area contributed by atoms with Gasteiger partial charge in [-0.1, -0.05) is 26.0 Å². The molecule has 3 aliphatic heterocycles. The number of hydrogen-bond acceptors (Lipinski definition) is 8. The predicted octanol–water partition coefficient (Wildman–Crippen LogP) is 2.71. The number of amides is 1. The minimum absolute atomic E-state index is 0.0510. The highest BCUT2D eigenvalue weighted by atomic mass is 31.2. The number of carbonyl (C=O) groups excluding carboxylic acids is 1. The maximum Gasteiger partial charge on any atom is 0.241 e. The van der Waals surface area contributed by atoms with Crippen molar-refractivity contribution in [3.63, 3.8) is 0 Å². The van der Waals surface area contributed by atoms with Gasteiger partial charge in [0.05, 0.1) is 31.1 Å². The highest BCUT2D eigenvalue weighted by Gasteiger charge is 2.43. The van der Waals surface area contributed by atoms with E-state index in [1.54, 1.807) is 25.5 Å². The van der Waals surface area contributed by atoms with Gasteiger partial charge in [0.2, 0.25) is 11.5 Å². The van der Waals surface area contributed by atoms with Crippen molar-refractivity contribution in [3.8, 4) is 0 Å². The van der Waals surface area contributed by atoms with Gasteiger partial charge in [0.15, 0.2) is 5.65 Å². The molecule has 2 aromatic heterocycles. The quantitative estimate of drug-likeness (QED) is 0.401. The summed E-state index contributed by atoms with van der Waals surface area (Å²) in [6.07, 6.45) is 0.477. The fraction of sp³-hybridized carbons (Fsp3) is 0.594. The zero-order valence-corrected chi connectivity index (χ0v) is 27.6. The topological polar surface area (TPSA) is 95.3 Å². The standard InChI is InChI=1S/C32H45FN7O3P/c1-21-16-38(26(15-34-21)17-37-11-12-43-19-22(37)2)18-28(41)39-20-32(3,4)29-27(39)14-24(13-23-7-9-25(33)10-8-23)30-35-31(36-40(29)30)44(5,6)42/h7-10,14,21-22,26,34H,11-13,15-20H2,1-6H3/t21-,22-,26-/m1/s1. The summed E-state index contributed by atoms with van der Waals surface area (Å²) in [7, 11) is -2.76. The second kappa shape index (κ2) is 11.9. The maximum absolute atomic E-state index is 14.3. The smallest absolute Gasteiger partial charge is 0.241 e. The van der Waals surface area contributed by atoms with E-state index in [4.69, 9.17) is 14.8 Å². The molecule has 2 saturated heterocycles. The molecule has 12 heteroatoms. The number of benzene rings is 1. The summed E-state index contributed by atoms with van der Waals surface area (Å²) in [5.74, 6) is -0.243. The van der Waals surface area contributed by atoms with Gasteiger partial charge in [0.1, 0.15) is 13.0 Å². The lowest BCUT2D eigenvalue weighted by atomic mass is 9.90. The summed E-state index contributed by atoms with van der Waals surface area (Å²) >= 11 is 0. The number of ether oxygens (including phenoxy) is 1. The first kappa shape index (κ1) is 31.3. The summed E-state index contributed by atoms with van der Waals surface area (Å²) < 4.78 is 34.3. The fourth-order valence-corrected chi connectivity index (χ4v) is 7.48. The molecule has 0 saturated carbocycles. The number of nitrogens with one attached hydrogen (secondary N) is 1. The zero-order valence-electron chi connectivity index (χ0n) is 26.7. The van der Waals surface area contributed by atoms with E-state index in [1.807, 2.05) is 15.5 Å². The first-order valence-electron chi connectivity index (χ1n) is 15.6. The van der Waals surface area contributed by atoms with Crippen LogP contribution in [-0.4, -0.2) is 114 Å². The highest BCUT2D eigenvalue weighted by Crippen LogP contribution is 2.43. The molecule has 0 unspecified atom stereocenters. The van der Waals surface area contributed by atoms with Gasteiger partial charge < -0.3 is 19.5 Å². The van der Waals surface area contributed by atoms with E-state index in [2.05, 4.69) is 42.8 Å². The monoisotopic (exact) mass is 625 g/mol. The average molecular weight is 626 g/mol. The van der Waals surface area contributed by atoms with Crippen molar-refractivity contribution in [1.29, 1.82) is 0 Å². The van der Waals surface area contributed by atoms with Crippen LogP contribution in [-0.2, 0) is 25.9 Å². The number of fused-ring (bicyclic) bond motifs is 3. The summed E-state index contributed by atoms with van der Waals surface area (Å²) in [5, 5.41) is 8.40. The molecule has 3 aromatic rings. The van der Waals surface area contributed by atoms with E-state index in [0.29, 0.717) is 36.8 Å². The number of nitrogens with zero attached hydrogens (tertiary/aromatic N) is 6. The van der Waals surface area contributed by atoms with E-state index >= 15 is 0 Å². The Morgan fingerprint density at radius 2 is 1.93 bits per heavy atom. The van der Waals surface area contributed by atoms with E-state index in [-0.39, 0.29) is 23.8 Å². The Morgan fingerprint density at radius 3 is 2.64 bits per heavy atom. The van der Waals surface area contributed by atoms with Crippen molar-refractivity contribution in [2.75, 3.05) is 70.7 Å². The molecule has 2 fully saturated rings. The van der Waals surface area contributed by atoms with Crippen molar-refractivity contribution < 1.29 is 18.5 Å². The third-order valence-corrected chi connectivity index (χ3v) is 10.4. The number of piperazine rings is 1. The largest absolute Gasteiger partial charge is 0.379 e. The third kappa shape index (κ3) is 6.22. The first-order chi connectivity index (χ1) is 20.8. The maximum atomic E-state index is 14.3. The normalized spacial score (nSPS) is 24.6. The Balaban J connectivity index is 1.35. The lowest BCUT2D eigenvalue weighted by Gasteiger charge is -2.43. The molecule has 0 aliphatic carbocycles. The number of morpholine rings is 1. The van der Waals surface area contributed by atoms with Crippen LogP contribution >= 0.6 is 7.14 Å². The molecule has 44 heavy (non-hydrogen) atoms. The second-order valence-electron chi connectivity index (χ2n) is 13.9. The third-order valence-electron chi connectivity index (χ3n) is 9.24. The van der Waals surface area contributed by atoms with Gasteiger partial charge in [0.25, 0.3) is 0 Å². The van der Waals surface area contributed by atoms with Crippen LogP contribution in [0.5, 0.6) is 0 Å². The number of aromatic nitrogens is 3. The van der Waals surface area contributed by atoms with Crippen LogP contribution in [0.25, 0.3) is 5.65 Å². The SMILES string of the molecule is C[C@@H]1CN(CC(=O)N2CC(C)(C)c3c2cc(Cc2ccc(F)cc2)c2nc(P(C)(C)=O)nn32)[C@@H](CN2CCOC[C@H]2C)CN1. The van der Waals surface area contributed by atoms with Gasteiger partial charge in [-0.25, -0.2) is 13.9 Å². The Bertz CT molecular complexity index is 1590. The second-order valence-corrected chi connectivity index (χ2v) is 17.0. The van der Waals surface area contributed by atoms with Crippen LogP contribution in [0.4, 0.5) is 10.1 Å². The molecular weight excluding hydrogens is 580 g/mol. The lowest BCUT2D eigenvalue weighted by molar-refractivity contribution is -0.121. The van der Waals surface area contributed by atoms with Crippen LogP contribution in [0.1, 0.15) is 44.5 Å². The molecule has 6 rings (SSSR count). The molecular formula is C32H45FN7O3P. The Kier molecular flexibility index (Phi) is 8.47. The molecule has 1 amide bonds. The van der Waals surface area contributed by atoms with Crippen molar-refractivity contribution >= 4 is 29.9 Å². The molecule has 0 bridgehead atoms. The van der Waals surface area contributed by atoms with Crippen LogP contribution in [0.2, 0.25) is 0 Å². The van der Waals surface area contributed by atoms with Crippen molar-refractivity contribution in [2.24, 2.45) is 0 Å². The van der Waals surface area contributed by atoms with Crippen molar-refractivity contribution in [2.45, 2.75) is 57.7 Å². The minimum atomic E-state index is -2.76. The van der Waals surface area contributed by atoms with E-state index in [0.717, 1.165) is 61.9 Å². The van der Waals surface area contributed by atoms with Gasteiger partial charge >= 0.3 is 0 Å². The Morgan fingerprint density at radius 1 is 1.18 bits per heavy atom. The zero-order chi connectivity index (χ0) is 31.4. The molecule has 238 valence electrons. The van der Waals surface area contributed by atoms with Crippen molar-refractivity contribution in [1.82, 2.24) is 29.7 Å². The minimum Gasteiger partial charge on any atom is -0.379 e. The van der Waals surface area contributed by atoms with E-state index in [9.17, 15) is 13.8 Å². The number of rotatable bonds is 7. The molecule has 3 atom stereocenters. The predicted molar refractivity (Wildman–Crippen MR) is 171 cm³/mol. The highest BCUT2D eigenvalue weighted by molar-refractivity contribution is 7.69. The Labute approximate surface area is 259 Å². The average Bonchev–Trinajstić information content (AvgIpc) is 3.52. The number of carbonyl (C=O) groups is 1. The number of anilines is 1. The molecule has 5 heterocycles. The summed E-state index contributed by atoms with van der Waals surface area (Å²) in [5.41, 5.74) is 4.01. The van der Waals surface area contributed by atoms with Crippen molar-refractivity contribution in [3.05, 3.63) is 53.0 Å². The first-order valence-corrected chi connectivity index (χ1v) is 18.2.